The number of nitrogens with zero attached hydrogens (tertiary/aromatic N) is 1. The summed E-state index contributed by atoms with van der Waals surface area (Å²) >= 11 is 0. The van der Waals surface area contributed by atoms with Gasteiger partial charge in [-0.25, -0.2) is 0 Å². The lowest BCUT2D eigenvalue weighted by Crippen LogP contribution is -1.93. The molecule has 0 atom stereocenters. The smallest absolute Gasteiger partial charge is 0.137 e. The average molecular weight is 188 g/mol. The van der Waals surface area contributed by atoms with E-state index in [1.807, 2.05) is 25.1 Å². The van der Waals surface area contributed by atoms with Gasteiger partial charge < -0.3 is 10.2 Å². The minimum Gasteiger partial charge on any atom is -0.456 e. The Kier molecular flexibility index (Phi) is 2.33. The van der Waals surface area contributed by atoms with Crippen LogP contribution in [0.4, 0.5) is 0 Å². The molecule has 2 heterocycles. The number of allylic oxidation sites excluding steroid dienone is 1. The third kappa shape index (κ3) is 1.54. The molecule has 0 saturated heterocycles. The van der Waals surface area contributed by atoms with Gasteiger partial charge in [0.25, 0.3) is 0 Å². The molecule has 2 rings (SSSR count). The monoisotopic (exact) mass is 188 g/mol. The number of pyridine rings is 1. The Labute approximate surface area is 82.2 Å². The van der Waals surface area contributed by atoms with E-state index in [2.05, 4.69) is 4.98 Å². The highest BCUT2D eigenvalue weighted by molar-refractivity contribution is 5.80. The molecule has 0 aliphatic heterocycles. The normalized spacial score (nSPS) is 12.3. The van der Waals surface area contributed by atoms with Crippen LogP contribution in [0, 0.1) is 0 Å². The lowest BCUT2D eigenvalue weighted by atomic mass is 10.2. The molecule has 14 heavy (non-hydrogen) atoms. The van der Waals surface area contributed by atoms with Gasteiger partial charge in [-0.15, -0.1) is 0 Å². The fourth-order valence-electron chi connectivity index (χ4n) is 1.36. The third-order valence-corrected chi connectivity index (χ3v) is 2.13. The summed E-state index contributed by atoms with van der Waals surface area (Å²) in [7, 11) is 0. The van der Waals surface area contributed by atoms with Gasteiger partial charge in [-0.05, 0) is 24.6 Å². The minimum atomic E-state index is 0.529. The molecule has 0 spiro atoms. The number of fused-ring (bicyclic) bond motifs is 1. The Hall–Kier alpha value is -1.61. The maximum absolute atomic E-state index is 5.62. The molecule has 0 bridgehead atoms. The highest BCUT2D eigenvalue weighted by Crippen LogP contribution is 2.23. The van der Waals surface area contributed by atoms with Gasteiger partial charge in [0.1, 0.15) is 11.3 Å². The first-order valence-electron chi connectivity index (χ1n) is 4.52. The van der Waals surface area contributed by atoms with Gasteiger partial charge in [0, 0.05) is 24.3 Å². The molecule has 0 fully saturated rings. The van der Waals surface area contributed by atoms with E-state index in [-0.39, 0.29) is 0 Å². The first-order valence-corrected chi connectivity index (χ1v) is 4.52. The topological polar surface area (TPSA) is 52.0 Å². The molecule has 0 radical (unpaired) electrons. The Morgan fingerprint density at radius 2 is 2.50 bits per heavy atom. The summed E-state index contributed by atoms with van der Waals surface area (Å²) in [5.74, 6) is 0.860. The van der Waals surface area contributed by atoms with Crippen molar-refractivity contribution in [1.82, 2.24) is 4.98 Å². The first kappa shape index (κ1) is 8.97. The Morgan fingerprint density at radius 1 is 1.64 bits per heavy atom. The third-order valence-electron chi connectivity index (χ3n) is 2.13. The fraction of sp³-hybridized carbons (Fsp3) is 0.182. The molecule has 0 amide bonds. The van der Waals surface area contributed by atoms with Gasteiger partial charge in [0.05, 0.1) is 0 Å². The van der Waals surface area contributed by atoms with Gasteiger partial charge in [0.15, 0.2) is 0 Å². The first-order chi connectivity index (χ1) is 6.81. The van der Waals surface area contributed by atoms with Crippen molar-refractivity contribution in [3.05, 3.63) is 36.4 Å². The molecule has 3 heteroatoms. The van der Waals surface area contributed by atoms with E-state index in [1.54, 1.807) is 12.4 Å². The lowest BCUT2D eigenvalue weighted by Gasteiger charge is -1.92. The molecule has 0 aromatic carbocycles. The van der Waals surface area contributed by atoms with Gasteiger partial charge in [-0.2, -0.15) is 0 Å². The van der Waals surface area contributed by atoms with Crippen LogP contribution >= 0.6 is 0 Å². The van der Waals surface area contributed by atoms with Crippen molar-refractivity contribution in [1.29, 1.82) is 0 Å². The fourth-order valence-corrected chi connectivity index (χ4v) is 1.36. The number of hydrogen-bond donors (Lipinski definition) is 1. The number of hydrogen-bond acceptors (Lipinski definition) is 3. The van der Waals surface area contributed by atoms with Gasteiger partial charge >= 0.3 is 0 Å². The summed E-state index contributed by atoms with van der Waals surface area (Å²) in [6.45, 7) is 2.51. The van der Waals surface area contributed by atoms with Crippen LogP contribution in [-0.2, 0) is 0 Å². The number of aromatic nitrogens is 1. The van der Waals surface area contributed by atoms with Crippen LogP contribution in [0.1, 0.15) is 12.7 Å². The van der Waals surface area contributed by atoms with Crippen molar-refractivity contribution in [2.75, 3.05) is 6.54 Å². The summed E-state index contributed by atoms with van der Waals surface area (Å²) in [6, 6.07) is 3.83. The summed E-state index contributed by atoms with van der Waals surface area (Å²) < 4.78 is 5.62. The van der Waals surface area contributed by atoms with E-state index in [4.69, 9.17) is 10.2 Å². The highest BCUT2D eigenvalue weighted by Gasteiger charge is 2.03. The molecule has 0 aliphatic rings. The predicted octanol–water partition coefficient (Wildman–Crippen LogP) is 2.19. The van der Waals surface area contributed by atoms with E-state index in [0.29, 0.717) is 6.54 Å². The van der Waals surface area contributed by atoms with Crippen molar-refractivity contribution >= 4 is 16.5 Å². The van der Waals surface area contributed by atoms with Crippen molar-refractivity contribution in [3.63, 3.8) is 0 Å². The molecular weight excluding hydrogens is 176 g/mol. The van der Waals surface area contributed by atoms with Crippen molar-refractivity contribution in [2.45, 2.75) is 6.92 Å². The van der Waals surface area contributed by atoms with Crippen LogP contribution in [0.5, 0.6) is 0 Å². The van der Waals surface area contributed by atoms with Crippen molar-refractivity contribution in [2.24, 2.45) is 5.73 Å². The van der Waals surface area contributed by atoms with Crippen LogP contribution < -0.4 is 5.73 Å². The molecule has 72 valence electrons. The minimum absolute atomic E-state index is 0.529. The van der Waals surface area contributed by atoms with Gasteiger partial charge in [-0.1, -0.05) is 6.08 Å². The zero-order valence-corrected chi connectivity index (χ0v) is 8.03. The number of furan rings is 1. The number of rotatable bonds is 2. The van der Waals surface area contributed by atoms with E-state index >= 15 is 0 Å². The molecule has 2 aromatic heterocycles. The second-order valence-corrected chi connectivity index (χ2v) is 3.15. The van der Waals surface area contributed by atoms with Crippen molar-refractivity contribution in [3.8, 4) is 0 Å². The maximum atomic E-state index is 5.62. The Morgan fingerprint density at radius 3 is 3.21 bits per heavy atom. The molecule has 0 unspecified atom stereocenters. The van der Waals surface area contributed by atoms with E-state index in [9.17, 15) is 0 Å². The summed E-state index contributed by atoms with van der Waals surface area (Å²) in [4.78, 5) is 4.03. The molecule has 0 saturated carbocycles. The summed E-state index contributed by atoms with van der Waals surface area (Å²) in [5, 5.41) is 1.02. The van der Waals surface area contributed by atoms with E-state index in [0.717, 1.165) is 22.3 Å². The molecule has 2 N–H and O–H groups in total. The zero-order valence-electron chi connectivity index (χ0n) is 8.03. The van der Waals surface area contributed by atoms with Crippen LogP contribution in [0.2, 0.25) is 0 Å². The SMILES string of the molecule is C/C(=C\CN)c1cc2cnccc2o1. The summed E-state index contributed by atoms with van der Waals surface area (Å²) in [5.41, 5.74) is 7.35. The Balaban J connectivity index is 2.50. The summed E-state index contributed by atoms with van der Waals surface area (Å²) in [6.07, 6.45) is 5.45. The van der Waals surface area contributed by atoms with Gasteiger partial charge in [-0.3, -0.25) is 4.98 Å². The standard InChI is InChI=1S/C11H12N2O/c1-8(2-4-12)11-6-9-7-13-5-3-10(9)14-11/h2-3,5-7H,4,12H2,1H3/b8-2+. The highest BCUT2D eigenvalue weighted by atomic mass is 16.3. The van der Waals surface area contributed by atoms with Gasteiger partial charge in [0.2, 0.25) is 0 Å². The molecular formula is C11H12N2O. The van der Waals surface area contributed by atoms with Crippen LogP contribution in [-0.4, -0.2) is 11.5 Å². The predicted molar refractivity (Wildman–Crippen MR) is 56.7 cm³/mol. The quantitative estimate of drug-likeness (QED) is 0.785. The Bertz CT molecular complexity index is 438. The average Bonchev–Trinajstić information content (AvgIpc) is 2.61. The second kappa shape index (κ2) is 3.64. The maximum Gasteiger partial charge on any atom is 0.137 e. The zero-order chi connectivity index (χ0) is 9.97. The molecule has 3 nitrogen and oxygen atoms in total. The molecule has 0 aliphatic carbocycles. The van der Waals surface area contributed by atoms with Crippen LogP contribution in [0.15, 0.2) is 35.0 Å². The lowest BCUT2D eigenvalue weighted by molar-refractivity contribution is 0.599. The van der Waals surface area contributed by atoms with E-state index in [1.165, 1.54) is 0 Å². The molecule has 2 aromatic rings. The number of nitrogens with two attached hydrogens (primary N) is 1. The second-order valence-electron chi connectivity index (χ2n) is 3.15. The van der Waals surface area contributed by atoms with Crippen LogP contribution in [0.25, 0.3) is 16.5 Å². The van der Waals surface area contributed by atoms with Crippen molar-refractivity contribution < 1.29 is 4.42 Å². The largest absolute Gasteiger partial charge is 0.456 e. The van der Waals surface area contributed by atoms with Crippen LogP contribution in [0.3, 0.4) is 0 Å². The van der Waals surface area contributed by atoms with E-state index < -0.39 is 0 Å².